The van der Waals surface area contributed by atoms with Gasteiger partial charge in [0.05, 0.1) is 22.3 Å². The van der Waals surface area contributed by atoms with Crippen molar-refractivity contribution >= 4 is 29.4 Å². The van der Waals surface area contributed by atoms with E-state index in [1.807, 2.05) is 17.5 Å². The Morgan fingerprint density at radius 3 is 2.65 bits per heavy atom. The number of nitrogens with zero attached hydrogens (tertiary/aromatic N) is 2. The second-order valence-corrected chi connectivity index (χ2v) is 6.04. The molecule has 0 aliphatic rings. The number of hydrogen-bond acceptors (Lipinski definition) is 6. The average Bonchev–Trinajstić information content (AvgIpc) is 3.16. The van der Waals surface area contributed by atoms with Gasteiger partial charge in [-0.15, -0.1) is 11.3 Å². The molecule has 0 spiro atoms. The predicted octanol–water partition coefficient (Wildman–Crippen LogP) is 1.96. The minimum atomic E-state index is -1.02. The van der Waals surface area contributed by atoms with E-state index < -0.39 is 17.6 Å². The van der Waals surface area contributed by atoms with Gasteiger partial charge in [-0.2, -0.15) is 10.1 Å². The summed E-state index contributed by atoms with van der Waals surface area (Å²) in [6.45, 7) is 0. The van der Waals surface area contributed by atoms with Gasteiger partial charge in [-0.05, 0) is 35.2 Å². The Morgan fingerprint density at radius 2 is 2.00 bits per heavy atom. The van der Waals surface area contributed by atoms with E-state index in [-0.39, 0.29) is 11.3 Å². The molecule has 0 unspecified atom stereocenters. The van der Waals surface area contributed by atoms with Crippen LogP contribution in [0.2, 0.25) is 0 Å². The lowest BCUT2D eigenvalue weighted by atomic mass is 10.1. The zero-order chi connectivity index (χ0) is 18.5. The average molecular weight is 368 g/mol. The molecule has 0 aliphatic carbocycles. The fourth-order valence-corrected chi connectivity index (χ4v) is 2.77. The van der Waals surface area contributed by atoms with Crippen molar-refractivity contribution in [3.8, 4) is 10.6 Å². The van der Waals surface area contributed by atoms with E-state index in [1.54, 1.807) is 12.1 Å². The number of carboxylic acids is 1. The summed E-state index contributed by atoms with van der Waals surface area (Å²) < 4.78 is 0. The summed E-state index contributed by atoms with van der Waals surface area (Å²) in [7, 11) is 0. The lowest BCUT2D eigenvalue weighted by molar-refractivity contribution is 0.0696. The summed E-state index contributed by atoms with van der Waals surface area (Å²) in [5.41, 5.74) is 2.85. The first-order valence-corrected chi connectivity index (χ1v) is 8.23. The molecule has 8 nitrogen and oxygen atoms in total. The molecule has 2 aromatic heterocycles. The van der Waals surface area contributed by atoms with Gasteiger partial charge in [0.1, 0.15) is 5.69 Å². The van der Waals surface area contributed by atoms with Crippen molar-refractivity contribution in [2.45, 2.75) is 0 Å². The molecule has 3 N–H and O–H groups in total. The molecule has 0 radical (unpaired) electrons. The van der Waals surface area contributed by atoms with E-state index in [0.29, 0.717) is 11.3 Å². The van der Waals surface area contributed by atoms with Crippen molar-refractivity contribution in [2.24, 2.45) is 5.10 Å². The molecular weight excluding hydrogens is 356 g/mol. The number of nitrogens with one attached hydrogen (secondary N) is 2. The standard InChI is InChI=1S/C17H12N4O4S/c22-15(21-18-9-10-3-5-11(6-4-10)16(23)24)13-8-12(19-17(25)20-13)14-2-1-7-26-14/h1-9H,(H,21,22)(H,23,24)(H,19,20,25)/b18-9+. The van der Waals surface area contributed by atoms with Gasteiger partial charge in [-0.1, -0.05) is 18.2 Å². The van der Waals surface area contributed by atoms with E-state index in [2.05, 4.69) is 20.5 Å². The first kappa shape index (κ1) is 17.2. The number of carboxylic acid groups (broad SMARTS) is 1. The highest BCUT2D eigenvalue weighted by molar-refractivity contribution is 7.13. The van der Waals surface area contributed by atoms with Crippen LogP contribution in [0.3, 0.4) is 0 Å². The highest BCUT2D eigenvalue weighted by atomic mass is 32.1. The van der Waals surface area contributed by atoms with Crippen LogP contribution in [0.25, 0.3) is 10.6 Å². The Balaban J connectivity index is 1.72. The number of benzene rings is 1. The number of aromatic nitrogens is 2. The summed E-state index contributed by atoms with van der Waals surface area (Å²) in [6.07, 6.45) is 1.36. The molecule has 0 atom stereocenters. The zero-order valence-electron chi connectivity index (χ0n) is 13.2. The summed E-state index contributed by atoms with van der Waals surface area (Å²) in [4.78, 5) is 41.6. The minimum Gasteiger partial charge on any atom is -0.478 e. The molecule has 0 fully saturated rings. The number of carbonyl (C=O) groups excluding carboxylic acids is 1. The van der Waals surface area contributed by atoms with Gasteiger partial charge in [0.2, 0.25) is 0 Å². The molecule has 1 amide bonds. The fraction of sp³-hybridized carbons (Fsp3) is 0. The topological polar surface area (TPSA) is 125 Å². The number of aromatic carboxylic acids is 1. The van der Waals surface area contributed by atoms with Gasteiger partial charge in [-0.25, -0.2) is 15.0 Å². The molecular formula is C17H12N4O4S. The highest BCUT2D eigenvalue weighted by Crippen LogP contribution is 2.21. The smallest absolute Gasteiger partial charge is 0.346 e. The quantitative estimate of drug-likeness (QED) is 0.469. The van der Waals surface area contributed by atoms with Crippen LogP contribution in [-0.4, -0.2) is 33.2 Å². The Hall–Kier alpha value is -3.59. The minimum absolute atomic E-state index is 0.0597. The second-order valence-electron chi connectivity index (χ2n) is 5.09. The maximum absolute atomic E-state index is 12.1. The largest absolute Gasteiger partial charge is 0.478 e. The van der Waals surface area contributed by atoms with E-state index in [4.69, 9.17) is 5.11 Å². The number of hydrazone groups is 1. The van der Waals surface area contributed by atoms with Crippen LogP contribution in [0.5, 0.6) is 0 Å². The summed E-state index contributed by atoms with van der Waals surface area (Å²) >= 11 is 1.42. The Morgan fingerprint density at radius 1 is 1.23 bits per heavy atom. The molecule has 3 aromatic rings. The van der Waals surface area contributed by atoms with Crippen LogP contribution >= 0.6 is 11.3 Å². The molecule has 0 saturated carbocycles. The Labute approximate surface area is 150 Å². The third-order valence-electron chi connectivity index (χ3n) is 3.30. The zero-order valence-corrected chi connectivity index (χ0v) is 14.0. The molecule has 26 heavy (non-hydrogen) atoms. The third kappa shape index (κ3) is 4.08. The normalized spacial score (nSPS) is 10.8. The number of carbonyl (C=O) groups is 2. The van der Waals surface area contributed by atoms with Crippen molar-refractivity contribution < 1.29 is 14.7 Å². The lowest BCUT2D eigenvalue weighted by Crippen LogP contribution is -2.24. The lowest BCUT2D eigenvalue weighted by Gasteiger charge is -2.02. The molecule has 130 valence electrons. The maximum atomic E-state index is 12.1. The number of thiophene rings is 1. The van der Waals surface area contributed by atoms with Crippen molar-refractivity contribution in [3.05, 3.63) is 75.1 Å². The van der Waals surface area contributed by atoms with Crippen LogP contribution < -0.4 is 11.1 Å². The van der Waals surface area contributed by atoms with Crippen molar-refractivity contribution in [2.75, 3.05) is 0 Å². The van der Waals surface area contributed by atoms with Gasteiger partial charge < -0.3 is 10.1 Å². The molecule has 0 aliphatic heterocycles. The molecule has 1 aromatic carbocycles. The molecule has 2 heterocycles. The Bertz CT molecular complexity index is 1020. The van der Waals surface area contributed by atoms with Gasteiger partial charge in [0.25, 0.3) is 5.91 Å². The monoisotopic (exact) mass is 368 g/mol. The molecule has 0 saturated heterocycles. The molecule has 3 rings (SSSR count). The van der Waals surface area contributed by atoms with Gasteiger partial charge in [0.15, 0.2) is 0 Å². The summed E-state index contributed by atoms with van der Waals surface area (Å²) in [6, 6.07) is 11.1. The van der Waals surface area contributed by atoms with Crippen LogP contribution in [0, 0.1) is 0 Å². The number of rotatable bonds is 5. The van der Waals surface area contributed by atoms with Gasteiger partial charge in [-0.3, -0.25) is 4.79 Å². The van der Waals surface area contributed by atoms with Crippen LogP contribution in [-0.2, 0) is 0 Å². The Kier molecular flexibility index (Phi) is 4.99. The van der Waals surface area contributed by atoms with Gasteiger partial charge >= 0.3 is 11.7 Å². The van der Waals surface area contributed by atoms with Crippen molar-refractivity contribution in [1.29, 1.82) is 0 Å². The van der Waals surface area contributed by atoms with Crippen molar-refractivity contribution in [3.63, 3.8) is 0 Å². The van der Waals surface area contributed by atoms with Crippen molar-refractivity contribution in [1.82, 2.24) is 15.4 Å². The molecule has 9 heteroatoms. The van der Waals surface area contributed by atoms with Crippen LogP contribution in [0.15, 0.2) is 57.7 Å². The van der Waals surface area contributed by atoms with E-state index in [1.165, 1.54) is 35.8 Å². The summed E-state index contributed by atoms with van der Waals surface area (Å²) in [5.74, 6) is -1.66. The highest BCUT2D eigenvalue weighted by Gasteiger charge is 2.11. The van der Waals surface area contributed by atoms with E-state index in [0.717, 1.165) is 4.88 Å². The van der Waals surface area contributed by atoms with E-state index in [9.17, 15) is 14.4 Å². The number of H-pyrrole nitrogens is 1. The van der Waals surface area contributed by atoms with Crippen LogP contribution in [0.1, 0.15) is 26.4 Å². The first-order chi connectivity index (χ1) is 12.5. The maximum Gasteiger partial charge on any atom is 0.346 e. The van der Waals surface area contributed by atoms with E-state index >= 15 is 0 Å². The second kappa shape index (κ2) is 7.53. The SMILES string of the molecule is O=C(O)c1ccc(/C=N/NC(=O)c2cc(-c3cccs3)[nH]c(=O)n2)cc1. The first-order valence-electron chi connectivity index (χ1n) is 7.35. The number of amides is 1. The summed E-state index contributed by atoms with van der Waals surface area (Å²) in [5, 5.41) is 14.5. The fourth-order valence-electron chi connectivity index (χ4n) is 2.07. The third-order valence-corrected chi connectivity index (χ3v) is 4.20. The number of aromatic amines is 1. The molecule has 0 bridgehead atoms. The number of hydrogen-bond donors (Lipinski definition) is 3. The predicted molar refractivity (Wildman–Crippen MR) is 96.6 cm³/mol. The van der Waals surface area contributed by atoms with Crippen LogP contribution in [0.4, 0.5) is 0 Å². The van der Waals surface area contributed by atoms with Gasteiger partial charge in [0, 0.05) is 0 Å².